The standard InChI is InChI=1S/C32H43N5O5/c1-18-8-6-11-22-25(36(18)21-15-19-9-7-10-20(14-19)16-21)17-26(22)37-24-13-5-4-12-23(24)34-27(29(37)38)28(30(39)40)35-42-32(2,3)31(33)41/h4-5,12-13,18-22,25-26H,6-11,14-17H2,1-3H3,(H2,33,41)(H,39,40)/b35-28-/t18-,19?,20?,21?,22?,25+,26+/m0/s1. The molecule has 0 spiro atoms. The van der Waals surface area contributed by atoms with Gasteiger partial charge >= 0.3 is 5.97 Å². The van der Waals surface area contributed by atoms with E-state index in [2.05, 4.69) is 22.0 Å². The van der Waals surface area contributed by atoms with Crippen LogP contribution in [0.15, 0.2) is 34.2 Å². The Morgan fingerprint density at radius 3 is 2.40 bits per heavy atom. The molecular formula is C32H43N5O5. The fourth-order valence-corrected chi connectivity index (χ4v) is 8.40. The Kier molecular flexibility index (Phi) is 7.62. The maximum absolute atomic E-state index is 14.2. The zero-order chi connectivity index (χ0) is 29.8. The van der Waals surface area contributed by atoms with Crippen LogP contribution >= 0.6 is 0 Å². The van der Waals surface area contributed by atoms with Crippen LogP contribution in [-0.4, -0.2) is 60.9 Å². The number of nitrogens with zero attached hydrogens (tertiary/aromatic N) is 4. The second kappa shape index (κ2) is 11.1. The number of oxime groups is 1. The number of primary amides is 1. The number of para-hydroxylation sites is 2. The minimum absolute atomic E-state index is 0.0666. The molecule has 1 aromatic heterocycles. The van der Waals surface area contributed by atoms with Crippen molar-refractivity contribution in [3.63, 3.8) is 0 Å². The topological polar surface area (TPSA) is 140 Å². The number of aliphatic carboxylic acids is 1. The molecule has 42 heavy (non-hydrogen) atoms. The SMILES string of the molecule is C[C@H]1CCCC2[C@@H](C[C@H]2n2c(=O)c(/C(=N/OC(C)(C)C(N)=O)C(=O)O)nc3ccccc32)N1C1CC2CCCC(C2)C1. The molecule has 1 saturated heterocycles. The first-order valence-corrected chi connectivity index (χ1v) is 15.6. The summed E-state index contributed by atoms with van der Waals surface area (Å²) < 4.78 is 1.76. The Labute approximate surface area is 246 Å². The van der Waals surface area contributed by atoms with Crippen molar-refractivity contribution in [2.45, 2.75) is 115 Å². The van der Waals surface area contributed by atoms with E-state index in [0.29, 0.717) is 35.1 Å². The number of carbonyl (C=O) groups is 2. The van der Waals surface area contributed by atoms with Gasteiger partial charge in [-0.15, -0.1) is 0 Å². The lowest BCUT2D eigenvalue weighted by atomic mass is 9.67. The first-order chi connectivity index (χ1) is 20.0. The summed E-state index contributed by atoms with van der Waals surface area (Å²) in [4.78, 5) is 50.8. The molecule has 3 N–H and O–H groups in total. The molecule has 2 aromatic rings. The number of carboxylic acid groups (broad SMARTS) is 1. The number of hydrogen-bond donors (Lipinski definition) is 2. The Hall–Kier alpha value is -3.27. The van der Waals surface area contributed by atoms with Crippen molar-refractivity contribution in [3.8, 4) is 0 Å². The van der Waals surface area contributed by atoms with Crippen molar-refractivity contribution in [1.82, 2.24) is 14.5 Å². The van der Waals surface area contributed by atoms with Crippen LogP contribution in [0.2, 0.25) is 0 Å². The van der Waals surface area contributed by atoms with Crippen molar-refractivity contribution in [1.29, 1.82) is 0 Å². The highest BCUT2D eigenvalue weighted by molar-refractivity contribution is 6.41. The molecule has 3 unspecified atom stereocenters. The molecule has 6 atom stereocenters. The normalized spacial score (nSPS) is 32.0. The monoisotopic (exact) mass is 577 g/mol. The number of benzene rings is 1. The fourth-order valence-electron chi connectivity index (χ4n) is 8.40. The molecule has 3 aliphatic carbocycles. The molecule has 4 aliphatic rings. The van der Waals surface area contributed by atoms with E-state index < -0.39 is 28.7 Å². The van der Waals surface area contributed by atoms with Gasteiger partial charge in [-0.2, -0.15) is 0 Å². The van der Waals surface area contributed by atoms with Gasteiger partial charge in [-0.25, -0.2) is 9.78 Å². The molecule has 4 fully saturated rings. The summed E-state index contributed by atoms with van der Waals surface area (Å²) >= 11 is 0. The summed E-state index contributed by atoms with van der Waals surface area (Å²) in [5, 5.41) is 13.8. The van der Waals surface area contributed by atoms with Crippen LogP contribution in [0.5, 0.6) is 0 Å². The zero-order valence-corrected chi connectivity index (χ0v) is 24.9. The molecule has 2 heterocycles. The number of nitrogens with two attached hydrogens (primary N) is 1. The predicted octanol–water partition coefficient (Wildman–Crippen LogP) is 4.24. The molecule has 1 aromatic carbocycles. The molecule has 2 bridgehead atoms. The maximum atomic E-state index is 14.2. The molecule has 10 nitrogen and oxygen atoms in total. The first-order valence-electron chi connectivity index (χ1n) is 15.6. The predicted molar refractivity (Wildman–Crippen MR) is 159 cm³/mol. The number of carbonyl (C=O) groups excluding carboxylic acids is 1. The minimum atomic E-state index is -1.56. The number of fused-ring (bicyclic) bond motifs is 4. The van der Waals surface area contributed by atoms with Crippen molar-refractivity contribution in [2.75, 3.05) is 0 Å². The lowest BCUT2D eigenvalue weighted by Crippen LogP contribution is -2.60. The van der Waals surface area contributed by atoms with Gasteiger partial charge in [0.15, 0.2) is 5.69 Å². The highest BCUT2D eigenvalue weighted by atomic mass is 16.7. The van der Waals surface area contributed by atoms with E-state index in [0.717, 1.165) is 37.5 Å². The molecule has 1 aliphatic heterocycles. The second-order valence-electron chi connectivity index (χ2n) is 13.6. The number of hydrogen-bond acceptors (Lipinski definition) is 7. The van der Waals surface area contributed by atoms with Gasteiger partial charge in [-0.05, 0) is 89.2 Å². The van der Waals surface area contributed by atoms with Crippen molar-refractivity contribution in [3.05, 3.63) is 40.3 Å². The van der Waals surface area contributed by atoms with Crippen LogP contribution in [0.1, 0.15) is 96.7 Å². The molecule has 0 radical (unpaired) electrons. The molecule has 10 heteroatoms. The van der Waals surface area contributed by atoms with Crippen LogP contribution in [-0.2, 0) is 14.4 Å². The number of carboxylic acids is 1. The second-order valence-corrected chi connectivity index (χ2v) is 13.6. The van der Waals surface area contributed by atoms with Gasteiger partial charge in [0.05, 0.1) is 11.0 Å². The van der Waals surface area contributed by atoms with Gasteiger partial charge in [-0.3, -0.25) is 14.5 Å². The van der Waals surface area contributed by atoms with Crippen LogP contribution < -0.4 is 11.3 Å². The molecule has 6 rings (SSSR count). The van der Waals surface area contributed by atoms with E-state index in [-0.39, 0.29) is 11.7 Å². The van der Waals surface area contributed by atoms with Crippen molar-refractivity contribution in [2.24, 2.45) is 28.6 Å². The molecule has 226 valence electrons. The summed E-state index contributed by atoms with van der Waals surface area (Å²) in [5.74, 6) is -0.294. The third-order valence-corrected chi connectivity index (χ3v) is 10.6. The Bertz CT molecular complexity index is 1450. The lowest BCUT2D eigenvalue weighted by Gasteiger charge is -2.55. The van der Waals surface area contributed by atoms with Gasteiger partial charge in [-0.1, -0.05) is 43.0 Å². The first kappa shape index (κ1) is 28.8. The van der Waals surface area contributed by atoms with Gasteiger partial charge in [0.2, 0.25) is 11.3 Å². The third-order valence-electron chi connectivity index (χ3n) is 10.6. The summed E-state index contributed by atoms with van der Waals surface area (Å²) in [5.41, 5.74) is 3.57. The quantitative estimate of drug-likeness (QED) is 0.371. The summed E-state index contributed by atoms with van der Waals surface area (Å²) in [6.45, 7) is 5.16. The number of aromatic nitrogens is 2. The van der Waals surface area contributed by atoms with E-state index in [1.165, 1.54) is 52.4 Å². The maximum Gasteiger partial charge on any atom is 0.360 e. The summed E-state index contributed by atoms with van der Waals surface area (Å²) in [6.07, 6.45) is 12.2. The van der Waals surface area contributed by atoms with E-state index in [9.17, 15) is 19.5 Å². The fraction of sp³-hybridized carbons (Fsp3) is 0.656. The van der Waals surface area contributed by atoms with Crippen LogP contribution in [0.4, 0.5) is 0 Å². The summed E-state index contributed by atoms with van der Waals surface area (Å²) in [7, 11) is 0. The third kappa shape index (κ3) is 5.12. The van der Waals surface area contributed by atoms with E-state index in [4.69, 9.17) is 10.6 Å². The van der Waals surface area contributed by atoms with Crippen LogP contribution in [0.25, 0.3) is 11.0 Å². The highest BCUT2D eigenvalue weighted by Crippen LogP contribution is 2.51. The lowest BCUT2D eigenvalue weighted by molar-refractivity contribution is -0.140. The Morgan fingerprint density at radius 1 is 1.02 bits per heavy atom. The molecular weight excluding hydrogens is 534 g/mol. The van der Waals surface area contributed by atoms with Crippen molar-refractivity contribution < 1.29 is 19.5 Å². The van der Waals surface area contributed by atoms with Crippen molar-refractivity contribution >= 4 is 28.6 Å². The average molecular weight is 578 g/mol. The molecule has 1 amide bonds. The number of rotatable bonds is 7. The van der Waals surface area contributed by atoms with E-state index in [1.54, 1.807) is 10.6 Å². The van der Waals surface area contributed by atoms with Gasteiger partial charge in [0, 0.05) is 24.2 Å². The van der Waals surface area contributed by atoms with Crippen LogP contribution in [0.3, 0.4) is 0 Å². The van der Waals surface area contributed by atoms with E-state index >= 15 is 0 Å². The van der Waals surface area contributed by atoms with E-state index in [1.807, 2.05) is 18.2 Å². The van der Waals surface area contributed by atoms with Gasteiger partial charge in [0.1, 0.15) is 0 Å². The average Bonchev–Trinajstić information content (AvgIpc) is 3.05. The number of likely N-dealkylation sites (tertiary alicyclic amines) is 1. The zero-order valence-electron chi connectivity index (χ0n) is 24.9. The van der Waals surface area contributed by atoms with Gasteiger partial charge < -0.3 is 20.2 Å². The van der Waals surface area contributed by atoms with Gasteiger partial charge in [0.25, 0.3) is 11.5 Å². The summed E-state index contributed by atoms with van der Waals surface area (Å²) in [6, 6.07) is 8.82. The minimum Gasteiger partial charge on any atom is -0.476 e. The smallest absolute Gasteiger partial charge is 0.360 e. The largest absolute Gasteiger partial charge is 0.476 e. The Balaban J connectivity index is 1.37. The van der Waals surface area contributed by atoms with Crippen LogP contribution in [0, 0.1) is 17.8 Å². The molecule has 3 saturated carbocycles. The number of amides is 1. The Morgan fingerprint density at radius 2 is 1.71 bits per heavy atom. The highest BCUT2D eigenvalue weighted by Gasteiger charge is 2.51.